The number of rotatable bonds is 3. The van der Waals surface area contributed by atoms with Crippen molar-refractivity contribution in [1.82, 2.24) is 19.9 Å². The molecule has 3 aromatic rings. The van der Waals surface area contributed by atoms with Gasteiger partial charge in [-0.05, 0) is 42.7 Å². The van der Waals surface area contributed by atoms with Gasteiger partial charge < -0.3 is 15.5 Å². The van der Waals surface area contributed by atoms with Crippen LogP contribution in [0.4, 0.5) is 29.6 Å². The molecule has 0 radical (unpaired) electrons. The first-order valence-corrected chi connectivity index (χ1v) is 10.8. The summed E-state index contributed by atoms with van der Waals surface area (Å²) < 4.78 is 38.7. The molecule has 1 fully saturated rings. The van der Waals surface area contributed by atoms with E-state index in [0.29, 0.717) is 17.3 Å². The first kappa shape index (κ1) is 26.8. The lowest BCUT2D eigenvalue weighted by molar-refractivity contribution is -0.169. The Hall–Kier alpha value is -3.43. The summed E-state index contributed by atoms with van der Waals surface area (Å²) >= 11 is 0. The molecule has 2 N–H and O–H groups in total. The van der Waals surface area contributed by atoms with Crippen molar-refractivity contribution in [1.29, 1.82) is 0 Å². The summed E-state index contributed by atoms with van der Waals surface area (Å²) in [5, 5.41) is 6.34. The number of anilines is 2. The van der Waals surface area contributed by atoms with Crippen molar-refractivity contribution in [3.05, 3.63) is 42.2 Å². The zero-order chi connectivity index (χ0) is 24.2. The molecular formula is C24H31F3N6O. The Morgan fingerprint density at radius 2 is 1.88 bits per heavy atom. The first-order chi connectivity index (χ1) is 15.7. The standard InChI is InChI=1S/C21H21F3N6O.C2H6.CH4/c1-12-3-4-16(28-20(31)30-6-5-15(11-30)21(22,23)24)8-17(12)13-7-14-10-27-19(25-2)29-18(14)26-9-13;1-2;/h3-4,7-10,15H,5-6,11H2,1-2H3,(H,28,31)(H,25,26,27,29);1-2H3;1H4. The zero-order valence-electron chi connectivity index (χ0n) is 19.0. The maximum atomic E-state index is 12.9. The molecule has 34 heavy (non-hydrogen) atoms. The molecule has 1 unspecified atom stereocenters. The molecule has 10 heteroatoms. The number of alkyl halides is 3. The number of pyridine rings is 1. The zero-order valence-corrected chi connectivity index (χ0v) is 19.0. The lowest BCUT2D eigenvalue weighted by atomic mass is 10.0. The summed E-state index contributed by atoms with van der Waals surface area (Å²) in [4.78, 5) is 26.6. The highest BCUT2D eigenvalue weighted by atomic mass is 19.4. The average Bonchev–Trinajstić information content (AvgIpc) is 3.32. The van der Waals surface area contributed by atoms with Gasteiger partial charge in [-0.1, -0.05) is 27.3 Å². The quantitative estimate of drug-likeness (QED) is 0.476. The summed E-state index contributed by atoms with van der Waals surface area (Å²) in [6.45, 7) is 5.69. The van der Waals surface area contributed by atoms with Crippen LogP contribution < -0.4 is 10.6 Å². The third-order valence-electron chi connectivity index (χ3n) is 5.39. The number of urea groups is 1. The number of carbonyl (C=O) groups excluding carboxylic acids is 1. The normalized spacial score (nSPS) is 15.3. The van der Waals surface area contributed by atoms with Crippen LogP contribution in [0.3, 0.4) is 0 Å². The smallest absolute Gasteiger partial charge is 0.357 e. The minimum atomic E-state index is -4.28. The number of hydrogen-bond acceptors (Lipinski definition) is 5. The van der Waals surface area contributed by atoms with Crippen molar-refractivity contribution < 1.29 is 18.0 Å². The summed E-state index contributed by atoms with van der Waals surface area (Å²) in [6.07, 6.45) is -0.990. The summed E-state index contributed by atoms with van der Waals surface area (Å²) in [7, 11) is 1.73. The highest BCUT2D eigenvalue weighted by Crippen LogP contribution is 2.34. The van der Waals surface area contributed by atoms with Gasteiger partial charge in [0.05, 0.1) is 5.92 Å². The number of aromatic nitrogens is 3. The molecule has 1 atom stereocenters. The second kappa shape index (κ2) is 11.1. The fourth-order valence-electron chi connectivity index (χ4n) is 3.62. The van der Waals surface area contributed by atoms with Gasteiger partial charge in [-0.3, -0.25) is 0 Å². The van der Waals surface area contributed by atoms with E-state index in [2.05, 4.69) is 25.6 Å². The first-order valence-electron chi connectivity index (χ1n) is 10.8. The molecule has 4 rings (SSSR count). The Morgan fingerprint density at radius 3 is 2.53 bits per heavy atom. The van der Waals surface area contributed by atoms with E-state index in [1.165, 1.54) is 4.90 Å². The Balaban J connectivity index is 0.00000133. The van der Waals surface area contributed by atoms with Crippen molar-refractivity contribution in [3.63, 3.8) is 0 Å². The van der Waals surface area contributed by atoms with Gasteiger partial charge in [-0.2, -0.15) is 18.2 Å². The van der Waals surface area contributed by atoms with Crippen LogP contribution in [0.2, 0.25) is 0 Å². The molecule has 0 saturated carbocycles. The van der Waals surface area contributed by atoms with Gasteiger partial charge in [0.15, 0.2) is 5.65 Å². The second-order valence-corrected chi connectivity index (χ2v) is 7.51. The molecule has 2 aromatic heterocycles. The van der Waals surface area contributed by atoms with Gasteiger partial charge in [0.25, 0.3) is 0 Å². The lowest BCUT2D eigenvalue weighted by Gasteiger charge is -2.19. The molecule has 0 spiro atoms. The van der Waals surface area contributed by atoms with Gasteiger partial charge in [0, 0.05) is 49.2 Å². The van der Waals surface area contributed by atoms with Gasteiger partial charge in [-0.15, -0.1) is 0 Å². The Kier molecular flexibility index (Phi) is 8.78. The number of carbonyl (C=O) groups is 1. The molecule has 2 amide bonds. The van der Waals surface area contributed by atoms with Gasteiger partial charge in [0.1, 0.15) is 0 Å². The third-order valence-corrected chi connectivity index (χ3v) is 5.39. The van der Waals surface area contributed by atoms with Crippen molar-refractivity contribution >= 4 is 28.7 Å². The lowest BCUT2D eigenvalue weighted by Crippen LogP contribution is -2.35. The largest absolute Gasteiger partial charge is 0.393 e. The van der Waals surface area contributed by atoms with Crippen LogP contribution in [0.25, 0.3) is 22.2 Å². The van der Waals surface area contributed by atoms with Crippen LogP contribution >= 0.6 is 0 Å². The minimum Gasteiger partial charge on any atom is -0.357 e. The molecule has 3 heterocycles. The van der Waals surface area contributed by atoms with Crippen LogP contribution in [0.15, 0.2) is 36.7 Å². The number of hydrogen-bond donors (Lipinski definition) is 2. The Labute approximate surface area is 197 Å². The highest BCUT2D eigenvalue weighted by Gasteiger charge is 2.44. The van der Waals surface area contributed by atoms with Gasteiger partial charge in [0.2, 0.25) is 5.95 Å². The topological polar surface area (TPSA) is 83.0 Å². The summed E-state index contributed by atoms with van der Waals surface area (Å²) in [5.74, 6) is -0.996. The Bertz CT molecular complexity index is 1140. The number of likely N-dealkylation sites (tertiary alicyclic amines) is 1. The molecule has 1 aromatic carbocycles. The predicted molar refractivity (Wildman–Crippen MR) is 130 cm³/mol. The molecule has 7 nitrogen and oxygen atoms in total. The molecule has 184 valence electrons. The average molecular weight is 477 g/mol. The van der Waals surface area contributed by atoms with Crippen molar-refractivity contribution in [2.75, 3.05) is 30.8 Å². The fraction of sp³-hybridized carbons (Fsp3) is 0.417. The number of nitrogens with one attached hydrogen (secondary N) is 2. The van der Waals surface area contributed by atoms with E-state index in [0.717, 1.165) is 22.1 Å². The third kappa shape index (κ3) is 5.92. The van der Waals surface area contributed by atoms with E-state index in [1.54, 1.807) is 31.6 Å². The number of nitrogens with zero attached hydrogens (tertiary/aromatic N) is 4. The van der Waals surface area contributed by atoms with Gasteiger partial charge in [-0.25, -0.2) is 14.8 Å². The molecule has 0 bridgehead atoms. The number of halogens is 3. The Morgan fingerprint density at radius 1 is 1.15 bits per heavy atom. The van der Waals surface area contributed by atoms with Crippen LogP contribution in [0.1, 0.15) is 33.3 Å². The van der Waals surface area contributed by atoms with Crippen molar-refractivity contribution in [2.24, 2.45) is 5.92 Å². The molecule has 1 aliphatic heterocycles. The SMILES string of the molecule is C.CC.CNc1ncc2cc(-c3cc(NC(=O)N4CCC(C(F)(F)F)C4)ccc3C)cnc2n1. The second-order valence-electron chi connectivity index (χ2n) is 7.51. The van der Waals surface area contributed by atoms with Crippen LogP contribution in [-0.4, -0.2) is 52.2 Å². The van der Waals surface area contributed by atoms with Crippen molar-refractivity contribution in [2.45, 2.75) is 40.8 Å². The van der Waals surface area contributed by atoms with E-state index < -0.39 is 18.1 Å². The van der Waals surface area contributed by atoms with E-state index in [1.807, 2.05) is 32.9 Å². The van der Waals surface area contributed by atoms with Crippen molar-refractivity contribution in [3.8, 4) is 11.1 Å². The van der Waals surface area contributed by atoms with E-state index >= 15 is 0 Å². The maximum Gasteiger partial charge on any atom is 0.393 e. The van der Waals surface area contributed by atoms with Crippen LogP contribution in [0, 0.1) is 12.8 Å². The number of aryl methyl sites for hydroxylation is 1. The number of fused-ring (bicyclic) bond motifs is 1. The molecular weight excluding hydrogens is 445 g/mol. The van der Waals surface area contributed by atoms with E-state index in [-0.39, 0.29) is 26.9 Å². The van der Waals surface area contributed by atoms with Crippen LogP contribution in [0.5, 0.6) is 0 Å². The van der Waals surface area contributed by atoms with E-state index in [4.69, 9.17) is 0 Å². The molecule has 0 aliphatic carbocycles. The van der Waals surface area contributed by atoms with Gasteiger partial charge >= 0.3 is 12.2 Å². The molecule has 1 aliphatic rings. The van der Waals surface area contributed by atoms with E-state index in [9.17, 15) is 18.0 Å². The minimum absolute atomic E-state index is 0. The summed E-state index contributed by atoms with van der Waals surface area (Å²) in [6, 6.07) is 6.73. The summed E-state index contributed by atoms with van der Waals surface area (Å²) in [5.41, 5.74) is 3.69. The monoisotopic (exact) mass is 476 g/mol. The predicted octanol–water partition coefficient (Wildman–Crippen LogP) is 6.12. The maximum absolute atomic E-state index is 12.9. The highest BCUT2D eigenvalue weighted by molar-refractivity contribution is 5.91. The van der Waals surface area contributed by atoms with Crippen LogP contribution in [-0.2, 0) is 0 Å². The number of amides is 2. The fourth-order valence-corrected chi connectivity index (χ4v) is 3.62. The molecule has 1 saturated heterocycles. The number of benzene rings is 1.